The van der Waals surface area contributed by atoms with E-state index in [9.17, 15) is 0 Å². The minimum atomic E-state index is -0.108. The molecule has 112 valence electrons. The maximum atomic E-state index is 6.28. The van der Waals surface area contributed by atoms with Crippen LogP contribution in [0.2, 0.25) is 0 Å². The molecule has 0 fully saturated rings. The molecule has 0 aliphatic rings. The quantitative estimate of drug-likeness (QED) is 0.907. The normalized spacial score (nSPS) is 12.3. The zero-order valence-electron chi connectivity index (χ0n) is 13.7. The molecule has 0 aliphatic carbocycles. The minimum Gasteiger partial charge on any atom is -0.491 e. The first-order chi connectivity index (χ1) is 9.86. The van der Waals surface area contributed by atoms with Gasteiger partial charge in [0.2, 0.25) is 0 Å². The summed E-state index contributed by atoms with van der Waals surface area (Å²) in [5.74, 6) is 0.937. The van der Waals surface area contributed by atoms with Crippen molar-refractivity contribution < 1.29 is 4.74 Å². The molecular weight excluding hydrogens is 258 g/mol. The monoisotopic (exact) mass is 283 g/mol. The van der Waals surface area contributed by atoms with E-state index >= 15 is 0 Å². The van der Waals surface area contributed by atoms with Crippen molar-refractivity contribution in [2.75, 3.05) is 6.61 Å². The molecule has 2 N–H and O–H groups in total. The van der Waals surface area contributed by atoms with E-state index in [1.807, 2.05) is 0 Å². The summed E-state index contributed by atoms with van der Waals surface area (Å²) in [7, 11) is 0. The van der Waals surface area contributed by atoms with Gasteiger partial charge in [0.1, 0.15) is 12.4 Å². The molecule has 2 aromatic carbocycles. The van der Waals surface area contributed by atoms with Crippen LogP contribution in [0.1, 0.15) is 39.4 Å². The molecule has 21 heavy (non-hydrogen) atoms. The molecule has 0 aliphatic heterocycles. The maximum absolute atomic E-state index is 6.28. The Bertz CT molecular complexity index is 626. The maximum Gasteiger partial charge on any atom is 0.122 e. The summed E-state index contributed by atoms with van der Waals surface area (Å²) >= 11 is 0. The summed E-state index contributed by atoms with van der Waals surface area (Å²) in [5, 5.41) is 0. The van der Waals surface area contributed by atoms with Gasteiger partial charge in [-0.05, 0) is 62.9 Å². The summed E-state index contributed by atoms with van der Waals surface area (Å²) in [6.07, 6.45) is 0. The van der Waals surface area contributed by atoms with E-state index in [0.717, 1.165) is 11.3 Å². The molecule has 1 atom stereocenters. The van der Waals surface area contributed by atoms with Crippen molar-refractivity contribution in [3.63, 3.8) is 0 Å². The Morgan fingerprint density at radius 1 is 0.857 bits per heavy atom. The summed E-state index contributed by atoms with van der Waals surface area (Å²) in [5.41, 5.74) is 13.6. The van der Waals surface area contributed by atoms with Gasteiger partial charge in [-0.1, -0.05) is 35.4 Å². The van der Waals surface area contributed by atoms with Gasteiger partial charge in [-0.3, -0.25) is 0 Å². The lowest BCUT2D eigenvalue weighted by atomic mass is 10.0. The Balaban J connectivity index is 2.12. The molecule has 1 unspecified atom stereocenters. The lowest BCUT2D eigenvalue weighted by molar-refractivity contribution is 0.288. The second kappa shape index (κ2) is 6.31. The number of nitrogens with two attached hydrogens (primary N) is 1. The van der Waals surface area contributed by atoms with Crippen molar-refractivity contribution in [1.29, 1.82) is 0 Å². The zero-order valence-corrected chi connectivity index (χ0v) is 13.7. The van der Waals surface area contributed by atoms with Crippen LogP contribution < -0.4 is 10.5 Å². The van der Waals surface area contributed by atoms with E-state index in [2.05, 4.69) is 65.0 Å². The number of hydrogen-bond acceptors (Lipinski definition) is 2. The van der Waals surface area contributed by atoms with Crippen molar-refractivity contribution in [1.82, 2.24) is 0 Å². The molecule has 2 nitrogen and oxygen atoms in total. The van der Waals surface area contributed by atoms with Crippen molar-refractivity contribution >= 4 is 0 Å². The van der Waals surface area contributed by atoms with Crippen LogP contribution in [0, 0.1) is 34.6 Å². The van der Waals surface area contributed by atoms with Crippen molar-refractivity contribution in [3.05, 3.63) is 63.7 Å². The Morgan fingerprint density at radius 3 is 2.05 bits per heavy atom. The molecule has 0 radical (unpaired) electrons. The topological polar surface area (TPSA) is 35.2 Å². The lowest BCUT2D eigenvalue weighted by Crippen LogP contribution is -2.19. The van der Waals surface area contributed by atoms with Crippen LogP contribution in [0.5, 0.6) is 5.75 Å². The first kappa shape index (κ1) is 15.6. The highest BCUT2D eigenvalue weighted by Crippen LogP contribution is 2.24. The number of rotatable bonds is 4. The Kier molecular flexibility index (Phi) is 4.69. The number of hydrogen-bond donors (Lipinski definition) is 1. The molecule has 2 aromatic rings. The van der Waals surface area contributed by atoms with Gasteiger partial charge in [0.25, 0.3) is 0 Å². The minimum absolute atomic E-state index is 0.108. The molecule has 0 amide bonds. The molecule has 0 saturated carbocycles. The first-order valence-electron chi connectivity index (χ1n) is 7.41. The summed E-state index contributed by atoms with van der Waals surface area (Å²) in [4.78, 5) is 0. The van der Waals surface area contributed by atoms with E-state index < -0.39 is 0 Å². The van der Waals surface area contributed by atoms with Crippen LogP contribution in [0.25, 0.3) is 0 Å². The molecule has 0 aromatic heterocycles. The van der Waals surface area contributed by atoms with Crippen LogP contribution in [0.3, 0.4) is 0 Å². The lowest BCUT2D eigenvalue weighted by Gasteiger charge is -2.17. The van der Waals surface area contributed by atoms with Gasteiger partial charge in [-0.25, -0.2) is 0 Å². The highest BCUT2D eigenvalue weighted by atomic mass is 16.5. The van der Waals surface area contributed by atoms with Gasteiger partial charge in [-0.2, -0.15) is 0 Å². The molecule has 2 heteroatoms. The first-order valence-corrected chi connectivity index (χ1v) is 7.41. The Labute approximate surface area is 127 Å². The predicted molar refractivity (Wildman–Crippen MR) is 89.0 cm³/mol. The third-order valence-corrected chi connectivity index (χ3v) is 3.85. The van der Waals surface area contributed by atoms with Crippen LogP contribution >= 0.6 is 0 Å². The van der Waals surface area contributed by atoms with E-state index in [-0.39, 0.29) is 6.04 Å². The van der Waals surface area contributed by atoms with Crippen molar-refractivity contribution in [2.24, 2.45) is 5.73 Å². The number of benzene rings is 2. The van der Waals surface area contributed by atoms with Crippen LogP contribution in [0.4, 0.5) is 0 Å². The van der Waals surface area contributed by atoms with Gasteiger partial charge in [-0.15, -0.1) is 0 Å². The Morgan fingerprint density at radius 2 is 1.43 bits per heavy atom. The molecule has 2 rings (SSSR count). The molecule has 0 bridgehead atoms. The fourth-order valence-electron chi connectivity index (χ4n) is 2.65. The smallest absolute Gasteiger partial charge is 0.122 e. The number of aryl methyl sites for hydroxylation is 4. The molecular formula is C19H25NO. The van der Waals surface area contributed by atoms with Gasteiger partial charge >= 0.3 is 0 Å². The number of ether oxygens (including phenoxy) is 1. The van der Waals surface area contributed by atoms with E-state index in [0.29, 0.717) is 6.61 Å². The van der Waals surface area contributed by atoms with Crippen LogP contribution in [-0.4, -0.2) is 6.61 Å². The standard InChI is InChI=1S/C19H25NO/c1-12-6-13(2)9-17(8-12)18(20)11-21-19-10-14(3)7-15(4)16(19)5/h6-10,18H,11,20H2,1-5H3. The average Bonchev–Trinajstić information content (AvgIpc) is 2.39. The SMILES string of the molecule is Cc1cc(C)cc(C(N)COc2cc(C)cc(C)c2C)c1. The summed E-state index contributed by atoms with van der Waals surface area (Å²) in [6, 6.07) is 10.6. The average molecular weight is 283 g/mol. The highest BCUT2D eigenvalue weighted by Gasteiger charge is 2.10. The van der Waals surface area contributed by atoms with E-state index in [4.69, 9.17) is 10.5 Å². The van der Waals surface area contributed by atoms with Crippen molar-refractivity contribution in [2.45, 2.75) is 40.7 Å². The molecule has 0 spiro atoms. The van der Waals surface area contributed by atoms with E-state index in [1.165, 1.54) is 27.8 Å². The molecule has 0 heterocycles. The fourth-order valence-corrected chi connectivity index (χ4v) is 2.65. The van der Waals surface area contributed by atoms with E-state index in [1.54, 1.807) is 0 Å². The predicted octanol–water partition coefficient (Wildman–Crippen LogP) is 4.31. The van der Waals surface area contributed by atoms with Gasteiger partial charge in [0.05, 0.1) is 6.04 Å². The Hall–Kier alpha value is -1.80. The second-order valence-corrected chi connectivity index (χ2v) is 6.04. The molecule has 0 saturated heterocycles. The van der Waals surface area contributed by atoms with Gasteiger partial charge in [0, 0.05) is 0 Å². The van der Waals surface area contributed by atoms with Crippen LogP contribution in [0.15, 0.2) is 30.3 Å². The summed E-state index contributed by atoms with van der Waals surface area (Å²) < 4.78 is 5.97. The van der Waals surface area contributed by atoms with Gasteiger partial charge in [0.15, 0.2) is 0 Å². The fraction of sp³-hybridized carbons (Fsp3) is 0.368. The van der Waals surface area contributed by atoms with Crippen molar-refractivity contribution in [3.8, 4) is 5.75 Å². The van der Waals surface area contributed by atoms with Crippen LogP contribution in [-0.2, 0) is 0 Å². The van der Waals surface area contributed by atoms with Gasteiger partial charge < -0.3 is 10.5 Å². The third kappa shape index (κ3) is 3.85. The third-order valence-electron chi connectivity index (χ3n) is 3.85. The highest BCUT2D eigenvalue weighted by molar-refractivity contribution is 5.42. The zero-order chi connectivity index (χ0) is 15.6. The summed E-state index contributed by atoms with van der Waals surface area (Å²) in [6.45, 7) is 11.0. The second-order valence-electron chi connectivity index (χ2n) is 6.04. The largest absolute Gasteiger partial charge is 0.491 e.